The van der Waals surface area contributed by atoms with Crippen molar-refractivity contribution in [3.8, 4) is 0 Å². The number of anilines is 1. The summed E-state index contributed by atoms with van der Waals surface area (Å²) in [5, 5.41) is 15.7. The van der Waals surface area contributed by atoms with Crippen LogP contribution in [0.4, 0.5) is 5.69 Å². The van der Waals surface area contributed by atoms with Crippen molar-refractivity contribution < 1.29 is 4.74 Å². The highest BCUT2D eigenvalue weighted by molar-refractivity contribution is 8.13. The van der Waals surface area contributed by atoms with Crippen LogP contribution in [0, 0.1) is 12.1 Å². The first-order valence-electron chi connectivity index (χ1n) is 10.7. The van der Waals surface area contributed by atoms with Gasteiger partial charge in [-0.05, 0) is 61.7 Å². The molecule has 0 bridgehead atoms. The van der Waals surface area contributed by atoms with Crippen molar-refractivity contribution in [2.45, 2.75) is 12.7 Å². The van der Waals surface area contributed by atoms with Gasteiger partial charge in [0.1, 0.15) is 6.54 Å². The normalized spacial score (nSPS) is 18.7. The Morgan fingerprint density at radius 1 is 1.03 bits per heavy atom. The Balaban J connectivity index is 2.03. The summed E-state index contributed by atoms with van der Waals surface area (Å²) in [6.45, 7) is 2.44. The first kappa shape index (κ1) is 23.2. The fourth-order valence-electron chi connectivity index (χ4n) is 4.04. The number of thioether (sulfide) groups is 1. The summed E-state index contributed by atoms with van der Waals surface area (Å²) in [6, 6.07) is 25.4. The Labute approximate surface area is 204 Å². The van der Waals surface area contributed by atoms with Gasteiger partial charge in [0.2, 0.25) is 5.71 Å². The third-order valence-electron chi connectivity index (χ3n) is 5.71. The Morgan fingerprint density at radius 2 is 1.67 bits per heavy atom. The average molecular weight is 479 g/mol. The van der Waals surface area contributed by atoms with E-state index < -0.39 is 5.79 Å². The SMILES string of the molecule is CS/C(=N\C1(c2ccccc2)N(c2ccc(Cl)cc2)CC(c2ccc(C)cc2)=[N+]1[O-])N(C)C. The molecule has 0 radical (unpaired) electrons. The molecule has 0 N–H and O–H groups in total. The highest BCUT2D eigenvalue weighted by Gasteiger charge is 2.55. The summed E-state index contributed by atoms with van der Waals surface area (Å²) >= 11 is 7.70. The maximum absolute atomic E-state index is 14.3. The molecule has 1 aliphatic heterocycles. The van der Waals surface area contributed by atoms with Gasteiger partial charge in [-0.1, -0.05) is 59.3 Å². The van der Waals surface area contributed by atoms with Crippen molar-refractivity contribution in [2.24, 2.45) is 4.99 Å². The maximum Gasteiger partial charge on any atom is 0.379 e. The monoisotopic (exact) mass is 478 g/mol. The molecule has 0 spiro atoms. The summed E-state index contributed by atoms with van der Waals surface area (Å²) in [7, 11) is 3.88. The molecule has 4 rings (SSSR count). The highest BCUT2D eigenvalue weighted by Crippen LogP contribution is 2.41. The lowest BCUT2D eigenvalue weighted by Gasteiger charge is -2.34. The van der Waals surface area contributed by atoms with Crippen LogP contribution >= 0.6 is 23.4 Å². The van der Waals surface area contributed by atoms with Gasteiger partial charge in [0.05, 0.1) is 5.56 Å². The second-order valence-electron chi connectivity index (χ2n) is 8.16. The second-order valence-corrected chi connectivity index (χ2v) is 9.37. The summed E-state index contributed by atoms with van der Waals surface area (Å²) in [5.74, 6) is -1.31. The van der Waals surface area contributed by atoms with Crippen molar-refractivity contribution in [2.75, 3.05) is 31.8 Å². The molecule has 1 heterocycles. The van der Waals surface area contributed by atoms with Crippen LogP contribution in [0.15, 0.2) is 83.9 Å². The second kappa shape index (κ2) is 9.49. The molecule has 0 fully saturated rings. The minimum atomic E-state index is -1.31. The number of nitrogens with zero attached hydrogens (tertiary/aromatic N) is 4. The Bertz CT molecular complexity index is 1180. The number of aliphatic imine (C=N–C) groups is 1. The molecule has 3 aromatic carbocycles. The smallest absolute Gasteiger partial charge is 0.379 e. The maximum atomic E-state index is 14.3. The van der Waals surface area contributed by atoms with E-state index in [4.69, 9.17) is 16.6 Å². The lowest BCUT2D eigenvalue weighted by molar-refractivity contribution is -0.547. The van der Waals surface area contributed by atoms with Crippen molar-refractivity contribution in [3.05, 3.63) is 106 Å². The van der Waals surface area contributed by atoms with E-state index >= 15 is 0 Å². The Kier molecular flexibility index (Phi) is 6.68. The number of hydrogen-bond acceptors (Lipinski definition) is 4. The van der Waals surface area contributed by atoms with Gasteiger partial charge in [0, 0.05) is 30.4 Å². The highest BCUT2D eigenvalue weighted by atomic mass is 35.5. The van der Waals surface area contributed by atoms with Crippen LogP contribution in [0.1, 0.15) is 16.7 Å². The predicted molar refractivity (Wildman–Crippen MR) is 140 cm³/mol. The molecule has 0 aliphatic carbocycles. The van der Waals surface area contributed by atoms with Crippen molar-refractivity contribution in [1.82, 2.24) is 4.90 Å². The number of hydroxylamine groups is 1. The van der Waals surface area contributed by atoms with E-state index in [2.05, 4.69) is 4.90 Å². The molecule has 1 atom stereocenters. The van der Waals surface area contributed by atoms with Crippen molar-refractivity contribution >= 4 is 39.9 Å². The molecule has 7 heteroatoms. The molecule has 33 heavy (non-hydrogen) atoms. The van der Waals surface area contributed by atoms with Crippen LogP contribution in [0.2, 0.25) is 5.02 Å². The summed E-state index contributed by atoms with van der Waals surface area (Å²) in [6.07, 6.45) is 1.97. The summed E-state index contributed by atoms with van der Waals surface area (Å²) < 4.78 is 1.07. The van der Waals surface area contributed by atoms with Crippen LogP contribution in [0.25, 0.3) is 0 Å². The van der Waals surface area contributed by atoms with Gasteiger partial charge >= 0.3 is 5.79 Å². The van der Waals surface area contributed by atoms with E-state index in [0.717, 1.165) is 32.3 Å². The first-order valence-corrected chi connectivity index (χ1v) is 12.3. The molecule has 0 aromatic heterocycles. The van der Waals surface area contributed by atoms with Gasteiger partial charge < -0.3 is 10.1 Å². The molecule has 0 saturated heterocycles. The van der Waals surface area contributed by atoms with Crippen LogP contribution < -0.4 is 4.90 Å². The van der Waals surface area contributed by atoms with E-state index in [1.807, 2.05) is 111 Å². The summed E-state index contributed by atoms with van der Waals surface area (Å²) in [4.78, 5) is 9.13. The van der Waals surface area contributed by atoms with E-state index in [-0.39, 0.29) is 0 Å². The first-order chi connectivity index (χ1) is 15.9. The quantitative estimate of drug-likeness (QED) is 0.213. The van der Waals surface area contributed by atoms with E-state index in [9.17, 15) is 5.21 Å². The molecule has 1 aliphatic rings. The largest absolute Gasteiger partial charge is 0.620 e. The lowest BCUT2D eigenvalue weighted by atomic mass is 10.1. The number of rotatable bonds is 4. The minimum Gasteiger partial charge on any atom is -0.620 e. The number of aryl methyl sites for hydroxylation is 1. The molecule has 3 aromatic rings. The van der Waals surface area contributed by atoms with Gasteiger partial charge in [-0.25, -0.2) is 0 Å². The van der Waals surface area contributed by atoms with E-state index in [0.29, 0.717) is 17.3 Å². The Hall–Kier alpha value is -2.96. The molecular weight excluding hydrogens is 452 g/mol. The van der Waals surface area contributed by atoms with Gasteiger partial charge in [-0.2, -0.15) is 9.73 Å². The third-order valence-corrected chi connectivity index (χ3v) is 6.79. The zero-order valence-corrected chi connectivity index (χ0v) is 20.8. The molecule has 0 amide bonds. The number of benzene rings is 3. The topological polar surface area (TPSA) is 44.9 Å². The Morgan fingerprint density at radius 3 is 2.24 bits per heavy atom. The van der Waals surface area contributed by atoms with E-state index in [1.54, 1.807) is 0 Å². The fourth-order valence-corrected chi connectivity index (χ4v) is 4.75. The van der Waals surface area contributed by atoms with Gasteiger partial charge in [-0.3, -0.25) is 4.90 Å². The zero-order chi connectivity index (χ0) is 23.6. The van der Waals surface area contributed by atoms with E-state index in [1.165, 1.54) is 11.8 Å². The van der Waals surface area contributed by atoms with Crippen LogP contribution in [-0.2, 0) is 5.79 Å². The standard InChI is InChI=1S/C26H27ClN4OS/c1-19-10-12-20(13-11-19)24-18-30(23-16-14-22(27)15-17-23)26(31(24)32,21-8-6-5-7-9-21)28-25(33-4)29(2)3/h5-17H,18H2,1-4H3/b28-25-. The van der Waals surface area contributed by atoms with Crippen LogP contribution in [-0.4, -0.2) is 47.4 Å². The molecular formula is C26H27ClN4OS. The van der Waals surface area contributed by atoms with Crippen molar-refractivity contribution in [3.63, 3.8) is 0 Å². The average Bonchev–Trinajstić information content (AvgIpc) is 3.12. The van der Waals surface area contributed by atoms with Gasteiger partial charge in [0.25, 0.3) is 0 Å². The third kappa shape index (κ3) is 4.33. The molecule has 0 saturated carbocycles. The molecule has 1 unspecified atom stereocenters. The number of hydrogen-bond donors (Lipinski definition) is 0. The van der Waals surface area contributed by atoms with Crippen molar-refractivity contribution in [1.29, 1.82) is 0 Å². The number of halogens is 1. The minimum absolute atomic E-state index is 0.404. The van der Waals surface area contributed by atoms with Crippen LogP contribution in [0.5, 0.6) is 0 Å². The predicted octanol–water partition coefficient (Wildman–Crippen LogP) is 5.56. The lowest BCUT2D eigenvalue weighted by Crippen LogP contribution is -2.48. The van der Waals surface area contributed by atoms with Gasteiger partial charge in [0.15, 0.2) is 5.17 Å². The number of amidine groups is 1. The molecule has 5 nitrogen and oxygen atoms in total. The zero-order valence-electron chi connectivity index (χ0n) is 19.2. The fraction of sp³-hybridized carbons (Fsp3) is 0.231. The summed E-state index contributed by atoms with van der Waals surface area (Å²) in [5.41, 5.74) is 4.36. The molecule has 170 valence electrons. The van der Waals surface area contributed by atoms with Crippen LogP contribution in [0.3, 0.4) is 0 Å². The van der Waals surface area contributed by atoms with Gasteiger partial charge in [-0.15, -0.1) is 0 Å².